The highest BCUT2D eigenvalue weighted by Gasteiger charge is 2.18. The van der Waals surface area contributed by atoms with Crippen molar-refractivity contribution >= 4 is 23.4 Å². The van der Waals surface area contributed by atoms with E-state index >= 15 is 0 Å². The predicted molar refractivity (Wildman–Crippen MR) is 108 cm³/mol. The molecule has 0 aliphatic rings. The fourth-order valence-electron chi connectivity index (χ4n) is 3.10. The minimum Gasteiger partial charge on any atom is -0.454 e. The van der Waals surface area contributed by atoms with Crippen molar-refractivity contribution in [1.29, 1.82) is 0 Å². The van der Waals surface area contributed by atoms with E-state index in [0.29, 0.717) is 5.56 Å². The Balaban J connectivity index is 1.63. The average Bonchev–Trinajstić information content (AvgIpc) is 2.99. The minimum absolute atomic E-state index is 0.227. The monoisotopic (exact) mass is 396 g/mol. The van der Waals surface area contributed by atoms with Gasteiger partial charge in [-0.15, -0.1) is 0 Å². The van der Waals surface area contributed by atoms with Gasteiger partial charge in [-0.1, -0.05) is 41.9 Å². The maximum Gasteiger partial charge on any atom is 0.340 e. The lowest BCUT2D eigenvalue weighted by Gasteiger charge is -2.10. The van der Waals surface area contributed by atoms with Gasteiger partial charge < -0.3 is 9.30 Å². The van der Waals surface area contributed by atoms with Crippen molar-refractivity contribution in [3.8, 4) is 0 Å². The largest absolute Gasteiger partial charge is 0.454 e. The molecule has 0 atom stereocenters. The lowest BCUT2D eigenvalue weighted by atomic mass is 10.1. The topological polar surface area (TPSA) is 61.2 Å². The molecule has 0 fully saturated rings. The van der Waals surface area contributed by atoms with E-state index in [-0.39, 0.29) is 23.1 Å². The Morgan fingerprint density at radius 1 is 1.11 bits per heavy atom. The molecule has 0 N–H and O–H groups in total. The number of carbonyl (C=O) groups is 2. The molecule has 3 aromatic rings. The minimum atomic E-state index is -0.601. The normalized spacial score (nSPS) is 10.7. The smallest absolute Gasteiger partial charge is 0.340 e. The first-order valence-corrected chi connectivity index (χ1v) is 9.36. The molecule has 5 nitrogen and oxygen atoms in total. The van der Waals surface area contributed by atoms with Gasteiger partial charge in [0.1, 0.15) is 5.15 Å². The van der Waals surface area contributed by atoms with Crippen molar-refractivity contribution in [2.45, 2.75) is 26.8 Å². The van der Waals surface area contributed by atoms with Gasteiger partial charge in [0.15, 0.2) is 6.61 Å². The van der Waals surface area contributed by atoms with E-state index in [1.54, 1.807) is 0 Å². The van der Waals surface area contributed by atoms with Crippen LogP contribution in [-0.4, -0.2) is 27.9 Å². The maximum absolute atomic E-state index is 12.6. The first kappa shape index (κ1) is 19.8. The molecule has 2 heterocycles. The Morgan fingerprint density at radius 2 is 1.86 bits per heavy atom. The zero-order chi connectivity index (χ0) is 20.1. The summed E-state index contributed by atoms with van der Waals surface area (Å²) in [6.45, 7) is 4.35. The molecular weight excluding hydrogens is 376 g/mol. The molecule has 2 aromatic heterocycles. The van der Waals surface area contributed by atoms with Crippen LogP contribution >= 0.6 is 11.6 Å². The summed E-state index contributed by atoms with van der Waals surface area (Å²) in [6.07, 6.45) is 2.20. The fraction of sp³-hybridized carbons (Fsp3) is 0.227. The summed E-state index contributed by atoms with van der Waals surface area (Å²) >= 11 is 5.70. The Kier molecular flexibility index (Phi) is 6.26. The van der Waals surface area contributed by atoms with Crippen molar-refractivity contribution in [3.05, 3.63) is 88.0 Å². The van der Waals surface area contributed by atoms with Crippen LogP contribution in [0, 0.1) is 13.8 Å². The van der Waals surface area contributed by atoms with Gasteiger partial charge in [-0.2, -0.15) is 0 Å². The van der Waals surface area contributed by atoms with Gasteiger partial charge in [-0.05, 0) is 44.0 Å². The number of esters is 1. The molecule has 1 aromatic carbocycles. The Labute approximate surface area is 168 Å². The molecule has 144 valence electrons. The van der Waals surface area contributed by atoms with Crippen molar-refractivity contribution in [2.75, 3.05) is 6.61 Å². The number of halogens is 1. The molecular formula is C22H21ClN2O3. The third-order valence-corrected chi connectivity index (χ3v) is 4.86. The van der Waals surface area contributed by atoms with Gasteiger partial charge in [0.2, 0.25) is 5.78 Å². The molecule has 3 rings (SSSR count). The quantitative estimate of drug-likeness (QED) is 0.336. The number of hydrogen-bond acceptors (Lipinski definition) is 4. The second-order valence-electron chi connectivity index (χ2n) is 6.54. The van der Waals surface area contributed by atoms with Crippen LogP contribution in [0.1, 0.15) is 37.7 Å². The number of aryl methyl sites for hydroxylation is 2. The third kappa shape index (κ3) is 4.67. The van der Waals surface area contributed by atoms with Gasteiger partial charge in [0, 0.05) is 29.7 Å². The summed E-state index contributed by atoms with van der Waals surface area (Å²) < 4.78 is 7.25. The van der Waals surface area contributed by atoms with Gasteiger partial charge >= 0.3 is 5.97 Å². The molecule has 0 unspecified atom stereocenters. The van der Waals surface area contributed by atoms with Crippen LogP contribution in [0.25, 0.3) is 0 Å². The summed E-state index contributed by atoms with van der Waals surface area (Å²) in [5.41, 5.74) is 3.96. The highest BCUT2D eigenvalue weighted by Crippen LogP contribution is 2.17. The molecule has 0 saturated carbocycles. The highest BCUT2D eigenvalue weighted by molar-refractivity contribution is 6.29. The molecule has 0 saturated heterocycles. The van der Waals surface area contributed by atoms with Crippen LogP contribution in [0.4, 0.5) is 0 Å². The number of ketones is 1. The van der Waals surface area contributed by atoms with Crippen LogP contribution in [-0.2, 0) is 17.7 Å². The number of benzene rings is 1. The molecule has 0 radical (unpaired) electrons. The van der Waals surface area contributed by atoms with Gasteiger partial charge in [0.25, 0.3) is 0 Å². The van der Waals surface area contributed by atoms with Crippen LogP contribution in [0.15, 0.2) is 54.7 Å². The Bertz CT molecular complexity index is 979. The number of carbonyl (C=O) groups excluding carboxylic acids is 2. The van der Waals surface area contributed by atoms with Crippen LogP contribution in [0.3, 0.4) is 0 Å². The number of hydrogen-bond donors (Lipinski definition) is 0. The number of aromatic nitrogens is 2. The predicted octanol–water partition coefficient (Wildman–Crippen LogP) is 4.44. The second kappa shape index (κ2) is 8.85. The van der Waals surface area contributed by atoms with Gasteiger partial charge in [-0.25, -0.2) is 9.78 Å². The molecule has 0 amide bonds. The van der Waals surface area contributed by atoms with Crippen molar-refractivity contribution < 1.29 is 14.3 Å². The molecule has 28 heavy (non-hydrogen) atoms. The zero-order valence-electron chi connectivity index (χ0n) is 15.8. The highest BCUT2D eigenvalue weighted by atomic mass is 35.5. The van der Waals surface area contributed by atoms with E-state index in [1.807, 2.05) is 38.1 Å². The first-order chi connectivity index (χ1) is 13.5. The lowest BCUT2D eigenvalue weighted by Crippen LogP contribution is -2.15. The van der Waals surface area contributed by atoms with E-state index < -0.39 is 5.97 Å². The Hall–Kier alpha value is -2.92. The lowest BCUT2D eigenvalue weighted by molar-refractivity contribution is 0.0474. The summed E-state index contributed by atoms with van der Waals surface area (Å²) in [4.78, 5) is 28.4. The Morgan fingerprint density at radius 3 is 2.54 bits per heavy atom. The molecule has 0 aliphatic carbocycles. The summed E-state index contributed by atoms with van der Waals surface area (Å²) in [6, 6.07) is 15.1. The molecule has 0 bridgehead atoms. The van der Waals surface area contributed by atoms with E-state index in [1.165, 1.54) is 23.9 Å². The third-order valence-electron chi connectivity index (χ3n) is 4.64. The summed E-state index contributed by atoms with van der Waals surface area (Å²) in [7, 11) is 0. The second-order valence-corrected chi connectivity index (χ2v) is 6.93. The van der Waals surface area contributed by atoms with E-state index in [9.17, 15) is 9.59 Å². The van der Waals surface area contributed by atoms with E-state index in [0.717, 1.165) is 24.4 Å². The number of nitrogens with zero attached hydrogens (tertiary/aromatic N) is 2. The van der Waals surface area contributed by atoms with Crippen molar-refractivity contribution in [3.63, 3.8) is 0 Å². The fourth-order valence-corrected chi connectivity index (χ4v) is 3.21. The number of pyridine rings is 1. The van der Waals surface area contributed by atoms with Crippen LogP contribution < -0.4 is 0 Å². The van der Waals surface area contributed by atoms with Crippen molar-refractivity contribution in [1.82, 2.24) is 9.55 Å². The summed E-state index contributed by atoms with van der Waals surface area (Å²) in [5.74, 6) is -0.829. The summed E-state index contributed by atoms with van der Waals surface area (Å²) in [5, 5.41) is 0.288. The van der Waals surface area contributed by atoms with Crippen LogP contribution in [0.2, 0.25) is 5.15 Å². The number of ether oxygens (including phenoxy) is 1. The van der Waals surface area contributed by atoms with Gasteiger partial charge in [-0.3, -0.25) is 4.79 Å². The average molecular weight is 397 g/mol. The maximum atomic E-state index is 12.6. The standard InChI is InChI=1S/C22H21ClN2O3/c1-15-12-19(16(2)25(15)11-10-17-6-4-3-5-7-17)20(26)14-28-22(27)18-8-9-21(23)24-13-18/h3-9,12-13H,10-11,14H2,1-2H3. The first-order valence-electron chi connectivity index (χ1n) is 8.98. The molecule has 0 spiro atoms. The number of rotatable bonds is 7. The SMILES string of the molecule is Cc1cc(C(=O)COC(=O)c2ccc(Cl)nc2)c(C)n1CCc1ccccc1. The van der Waals surface area contributed by atoms with Gasteiger partial charge in [0.05, 0.1) is 5.56 Å². The number of Topliss-reactive ketones (excluding diaryl/α,β-unsaturated/α-hetero) is 1. The molecule has 0 aliphatic heterocycles. The van der Waals surface area contributed by atoms with E-state index in [2.05, 4.69) is 21.7 Å². The van der Waals surface area contributed by atoms with Crippen LogP contribution in [0.5, 0.6) is 0 Å². The van der Waals surface area contributed by atoms with Crippen molar-refractivity contribution in [2.24, 2.45) is 0 Å². The van der Waals surface area contributed by atoms with E-state index in [4.69, 9.17) is 16.3 Å². The molecule has 6 heteroatoms. The zero-order valence-corrected chi connectivity index (χ0v) is 16.6.